The monoisotopic (exact) mass is 218 g/mol. The summed E-state index contributed by atoms with van der Waals surface area (Å²) in [6.07, 6.45) is 1.47. The van der Waals surface area contributed by atoms with Crippen LogP contribution in [0.2, 0.25) is 5.02 Å². The minimum Gasteiger partial charge on any atom is -0.384 e. The Hall–Kier alpha value is -0.930. The van der Waals surface area contributed by atoms with Crippen molar-refractivity contribution in [3.05, 3.63) is 46.5 Å². The van der Waals surface area contributed by atoms with Crippen molar-refractivity contribution in [2.45, 2.75) is 13.0 Å². The molecule has 0 aromatic heterocycles. The Labute approximate surface area is 85.6 Å². The smallest absolute Gasteiger partial charge is 0.150 e. The van der Waals surface area contributed by atoms with Gasteiger partial charge in [0.1, 0.15) is 11.9 Å². The Morgan fingerprint density at radius 1 is 1.43 bits per heavy atom. The molecule has 1 aromatic carbocycles. The van der Waals surface area contributed by atoms with Crippen LogP contribution in [0, 0.1) is 11.6 Å². The fourth-order valence-electron chi connectivity index (χ4n) is 1.09. The summed E-state index contributed by atoms with van der Waals surface area (Å²) in [4.78, 5) is 0. The van der Waals surface area contributed by atoms with Gasteiger partial charge in [-0.2, -0.15) is 0 Å². The molecule has 1 nitrogen and oxygen atoms in total. The first-order valence-electron chi connectivity index (χ1n) is 4.02. The molecule has 0 aliphatic heterocycles. The lowest BCUT2D eigenvalue weighted by Crippen LogP contribution is -2.02. The third-order valence-corrected chi connectivity index (χ3v) is 2.04. The summed E-state index contributed by atoms with van der Waals surface area (Å²) in [7, 11) is 0. The molecule has 0 saturated heterocycles. The average Bonchev–Trinajstić information content (AvgIpc) is 2.13. The number of halogens is 3. The number of benzene rings is 1. The average molecular weight is 219 g/mol. The maximum atomic E-state index is 13.3. The van der Waals surface area contributed by atoms with Crippen molar-refractivity contribution in [3.63, 3.8) is 0 Å². The lowest BCUT2D eigenvalue weighted by atomic mass is 10.1. The van der Waals surface area contributed by atoms with E-state index in [-0.39, 0.29) is 5.02 Å². The molecule has 0 aliphatic rings. The van der Waals surface area contributed by atoms with Crippen molar-refractivity contribution < 1.29 is 13.9 Å². The fraction of sp³-hybridized carbons (Fsp3) is 0.200. The van der Waals surface area contributed by atoms with Gasteiger partial charge in [0.05, 0.1) is 10.6 Å². The second-order valence-electron chi connectivity index (χ2n) is 2.73. The molecule has 1 aromatic rings. The van der Waals surface area contributed by atoms with E-state index in [0.29, 0.717) is 0 Å². The van der Waals surface area contributed by atoms with Crippen LogP contribution < -0.4 is 0 Å². The first kappa shape index (κ1) is 11.1. The van der Waals surface area contributed by atoms with Crippen LogP contribution in [0.1, 0.15) is 18.6 Å². The van der Waals surface area contributed by atoms with E-state index in [4.69, 9.17) is 11.6 Å². The minimum atomic E-state index is -1.31. The minimum absolute atomic E-state index is 0.204. The van der Waals surface area contributed by atoms with Crippen LogP contribution in [0.4, 0.5) is 8.78 Å². The summed E-state index contributed by atoms with van der Waals surface area (Å²) in [6.45, 7) is 1.64. The summed E-state index contributed by atoms with van der Waals surface area (Å²) in [5.74, 6) is -1.73. The van der Waals surface area contributed by atoms with Gasteiger partial charge < -0.3 is 5.11 Å². The van der Waals surface area contributed by atoms with Crippen LogP contribution in [-0.2, 0) is 0 Å². The molecule has 14 heavy (non-hydrogen) atoms. The maximum Gasteiger partial charge on any atom is 0.150 e. The van der Waals surface area contributed by atoms with Crippen LogP contribution in [0.5, 0.6) is 0 Å². The molecule has 0 saturated carbocycles. The van der Waals surface area contributed by atoms with E-state index >= 15 is 0 Å². The van der Waals surface area contributed by atoms with Gasteiger partial charge in [0, 0.05) is 0 Å². The van der Waals surface area contributed by atoms with E-state index in [9.17, 15) is 13.9 Å². The molecule has 0 fully saturated rings. The summed E-state index contributed by atoms with van der Waals surface area (Å²) >= 11 is 5.45. The molecule has 1 atom stereocenters. The predicted octanol–water partition coefficient (Wildman–Crippen LogP) is 3.23. The number of aliphatic hydroxyl groups excluding tert-OH is 1. The lowest BCUT2D eigenvalue weighted by molar-refractivity contribution is 0.217. The van der Waals surface area contributed by atoms with E-state index < -0.39 is 23.3 Å². The highest BCUT2D eigenvalue weighted by atomic mass is 35.5. The molecule has 4 heteroatoms. The first-order valence-corrected chi connectivity index (χ1v) is 4.40. The van der Waals surface area contributed by atoms with Gasteiger partial charge in [-0.1, -0.05) is 23.8 Å². The van der Waals surface area contributed by atoms with E-state index in [2.05, 4.69) is 0 Å². The summed E-state index contributed by atoms with van der Waals surface area (Å²) in [5, 5.41) is 9.18. The van der Waals surface area contributed by atoms with Crippen molar-refractivity contribution in [1.29, 1.82) is 0 Å². The van der Waals surface area contributed by atoms with E-state index in [0.717, 1.165) is 12.1 Å². The largest absolute Gasteiger partial charge is 0.384 e. The third-order valence-electron chi connectivity index (χ3n) is 1.75. The molecule has 0 bridgehead atoms. The van der Waals surface area contributed by atoms with Crippen molar-refractivity contribution in [3.8, 4) is 0 Å². The quantitative estimate of drug-likeness (QED) is 0.597. The van der Waals surface area contributed by atoms with Crippen molar-refractivity contribution in [2.75, 3.05) is 0 Å². The van der Waals surface area contributed by atoms with Crippen LogP contribution in [0.3, 0.4) is 0 Å². The number of allylic oxidation sites excluding steroid dienone is 1. The number of aliphatic hydroxyl groups is 1. The third kappa shape index (κ3) is 2.11. The highest BCUT2D eigenvalue weighted by Gasteiger charge is 2.17. The van der Waals surface area contributed by atoms with Gasteiger partial charge in [-0.05, 0) is 19.1 Å². The van der Waals surface area contributed by atoms with E-state index in [1.54, 1.807) is 6.92 Å². The van der Waals surface area contributed by atoms with Gasteiger partial charge in [0.15, 0.2) is 5.82 Å². The molecule has 0 heterocycles. The standard InChI is InChI=1S/C10H9ClF2O/c1-2-3-8(14)9-7(12)5-4-6(11)10(9)13/h2-5,8,14H,1H3/b3-2+. The summed E-state index contributed by atoms with van der Waals surface area (Å²) in [5.41, 5.74) is -0.421. The van der Waals surface area contributed by atoms with Crippen LogP contribution >= 0.6 is 11.6 Å². The Bertz CT molecular complexity index is 363. The predicted molar refractivity (Wildman–Crippen MR) is 51.1 cm³/mol. The highest BCUT2D eigenvalue weighted by molar-refractivity contribution is 6.30. The molecular weight excluding hydrogens is 210 g/mol. The Morgan fingerprint density at radius 3 is 2.64 bits per heavy atom. The zero-order valence-corrected chi connectivity index (χ0v) is 8.22. The fourth-order valence-corrected chi connectivity index (χ4v) is 1.26. The second-order valence-corrected chi connectivity index (χ2v) is 3.13. The molecule has 1 N–H and O–H groups in total. The first-order chi connectivity index (χ1) is 6.57. The Kier molecular flexibility index (Phi) is 3.61. The molecule has 0 aliphatic carbocycles. The van der Waals surface area contributed by atoms with Gasteiger partial charge >= 0.3 is 0 Å². The maximum absolute atomic E-state index is 13.3. The number of hydrogen-bond acceptors (Lipinski definition) is 1. The molecule has 0 spiro atoms. The molecule has 1 rings (SSSR count). The van der Waals surface area contributed by atoms with Gasteiger partial charge in [-0.15, -0.1) is 0 Å². The highest BCUT2D eigenvalue weighted by Crippen LogP contribution is 2.26. The van der Waals surface area contributed by atoms with Gasteiger partial charge in [-0.3, -0.25) is 0 Å². The van der Waals surface area contributed by atoms with E-state index in [1.807, 2.05) is 0 Å². The Morgan fingerprint density at radius 2 is 2.07 bits per heavy atom. The molecular formula is C10H9ClF2O. The molecule has 0 radical (unpaired) electrons. The van der Waals surface area contributed by atoms with Crippen LogP contribution in [-0.4, -0.2) is 5.11 Å². The van der Waals surface area contributed by atoms with Crippen molar-refractivity contribution >= 4 is 11.6 Å². The van der Waals surface area contributed by atoms with Gasteiger partial charge in [-0.25, -0.2) is 8.78 Å². The number of rotatable bonds is 2. The normalized spacial score (nSPS) is 13.5. The van der Waals surface area contributed by atoms with Gasteiger partial charge in [0.25, 0.3) is 0 Å². The van der Waals surface area contributed by atoms with Gasteiger partial charge in [0.2, 0.25) is 0 Å². The summed E-state index contributed by atoms with van der Waals surface area (Å²) < 4.78 is 26.4. The second kappa shape index (κ2) is 4.53. The zero-order valence-electron chi connectivity index (χ0n) is 7.47. The van der Waals surface area contributed by atoms with Crippen molar-refractivity contribution in [2.24, 2.45) is 0 Å². The molecule has 1 unspecified atom stereocenters. The SMILES string of the molecule is C/C=C/C(O)c1c(F)ccc(Cl)c1F. The summed E-state index contributed by atoms with van der Waals surface area (Å²) in [6, 6.07) is 2.13. The molecule has 76 valence electrons. The van der Waals surface area contributed by atoms with E-state index in [1.165, 1.54) is 12.2 Å². The van der Waals surface area contributed by atoms with Crippen LogP contribution in [0.15, 0.2) is 24.3 Å². The number of hydrogen-bond donors (Lipinski definition) is 1. The van der Waals surface area contributed by atoms with Crippen molar-refractivity contribution in [1.82, 2.24) is 0 Å². The zero-order chi connectivity index (χ0) is 10.7. The Balaban J connectivity index is 3.24. The molecule has 0 amide bonds. The lowest BCUT2D eigenvalue weighted by Gasteiger charge is -2.09. The topological polar surface area (TPSA) is 20.2 Å². The van der Waals surface area contributed by atoms with Crippen LogP contribution in [0.25, 0.3) is 0 Å².